The van der Waals surface area contributed by atoms with E-state index in [1.54, 1.807) is 7.11 Å². The SMILES string of the molecule is CCCOc1ccc(C(Cc2ccc(OC)cc2)c2csc(N)n2)cc1. The number of hydrogen-bond donors (Lipinski definition) is 1. The van der Waals surface area contributed by atoms with E-state index in [2.05, 4.69) is 36.2 Å². The number of nitrogen functional groups attached to an aromatic ring is 1. The lowest BCUT2D eigenvalue weighted by Crippen LogP contribution is -2.06. The van der Waals surface area contributed by atoms with Crippen molar-refractivity contribution in [3.05, 3.63) is 70.7 Å². The van der Waals surface area contributed by atoms with Gasteiger partial charge >= 0.3 is 0 Å². The van der Waals surface area contributed by atoms with E-state index in [1.807, 2.05) is 29.6 Å². The number of benzene rings is 2. The highest BCUT2D eigenvalue weighted by Gasteiger charge is 2.18. The third kappa shape index (κ3) is 4.55. The number of ether oxygens (including phenoxy) is 2. The number of nitrogens with two attached hydrogens (primary N) is 1. The average molecular weight is 369 g/mol. The van der Waals surface area contributed by atoms with Crippen LogP contribution in [0, 0.1) is 0 Å². The van der Waals surface area contributed by atoms with Crippen LogP contribution in [0.25, 0.3) is 0 Å². The van der Waals surface area contributed by atoms with E-state index in [0.717, 1.165) is 36.6 Å². The summed E-state index contributed by atoms with van der Waals surface area (Å²) in [6, 6.07) is 16.5. The molecule has 1 heterocycles. The molecule has 26 heavy (non-hydrogen) atoms. The van der Waals surface area contributed by atoms with Gasteiger partial charge in [0.2, 0.25) is 0 Å². The summed E-state index contributed by atoms with van der Waals surface area (Å²) >= 11 is 1.48. The van der Waals surface area contributed by atoms with Crippen LogP contribution in [0.5, 0.6) is 11.5 Å². The van der Waals surface area contributed by atoms with Gasteiger partial charge in [-0.2, -0.15) is 0 Å². The van der Waals surface area contributed by atoms with Gasteiger partial charge in [0.25, 0.3) is 0 Å². The molecule has 2 aromatic carbocycles. The molecule has 0 spiro atoms. The monoisotopic (exact) mass is 368 g/mol. The summed E-state index contributed by atoms with van der Waals surface area (Å²) in [5.41, 5.74) is 9.31. The first-order chi connectivity index (χ1) is 12.7. The minimum atomic E-state index is 0.150. The van der Waals surface area contributed by atoms with Crippen LogP contribution < -0.4 is 15.2 Å². The van der Waals surface area contributed by atoms with Gasteiger partial charge in [-0.05, 0) is 48.2 Å². The molecule has 0 saturated carbocycles. The van der Waals surface area contributed by atoms with Crippen molar-refractivity contribution in [2.24, 2.45) is 0 Å². The Bertz CT molecular complexity index is 813. The lowest BCUT2D eigenvalue weighted by Gasteiger charge is -2.17. The first kappa shape index (κ1) is 18.3. The summed E-state index contributed by atoms with van der Waals surface area (Å²) in [5, 5.41) is 2.65. The second kappa shape index (κ2) is 8.72. The van der Waals surface area contributed by atoms with Crippen molar-refractivity contribution in [3.63, 3.8) is 0 Å². The molecule has 0 aliphatic heterocycles. The highest BCUT2D eigenvalue weighted by atomic mass is 32.1. The molecule has 0 aliphatic carbocycles. The van der Waals surface area contributed by atoms with Crippen molar-refractivity contribution < 1.29 is 9.47 Å². The largest absolute Gasteiger partial charge is 0.497 e. The average Bonchev–Trinajstić information content (AvgIpc) is 3.11. The van der Waals surface area contributed by atoms with Gasteiger partial charge in [-0.25, -0.2) is 4.98 Å². The van der Waals surface area contributed by atoms with Crippen molar-refractivity contribution in [2.75, 3.05) is 19.5 Å². The van der Waals surface area contributed by atoms with Crippen LogP contribution in [0.1, 0.15) is 36.1 Å². The zero-order valence-corrected chi connectivity index (χ0v) is 16.0. The lowest BCUT2D eigenvalue weighted by molar-refractivity contribution is 0.317. The van der Waals surface area contributed by atoms with Gasteiger partial charge in [0.05, 0.1) is 19.4 Å². The van der Waals surface area contributed by atoms with Crippen LogP contribution in [0.3, 0.4) is 0 Å². The molecule has 0 amide bonds. The Balaban J connectivity index is 1.85. The van der Waals surface area contributed by atoms with E-state index in [4.69, 9.17) is 15.2 Å². The molecule has 1 aromatic heterocycles. The molecule has 0 radical (unpaired) electrons. The van der Waals surface area contributed by atoms with Gasteiger partial charge in [-0.1, -0.05) is 31.2 Å². The third-order valence-electron chi connectivity index (χ3n) is 4.25. The van der Waals surface area contributed by atoms with Crippen LogP contribution in [0.15, 0.2) is 53.9 Å². The Morgan fingerprint density at radius 2 is 1.73 bits per heavy atom. The quantitative estimate of drug-likeness (QED) is 0.614. The molecular formula is C21H24N2O2S. The van der Waals surface area contributed by atoms with Crippen molar-refractivity contribution in [1.29, 1.82) is 0 Å². The van der Waals surface area contributed by atoms with Gasteiger partial charge < -0.3 is 15.2 Å². The summed E-state index contributed by atoms with van der Waals surface area (Å²) in [6.45, 7) is 2.84. The first-order valence-electron chi connectivity index (χ1n) is 8.76. The molecule has 0 bridgehead atoms. The molecule has 0 aliphatic rings. The third-order valence-corrected chi connectivity index (χ3v) is 4.94. The lowest BCUT2D eigenvalue weighted by atomic mass is 9.89. The van der Waals surface area contributed by atoms with E-state index < -0.39 is 0 Å². The van der Waals surface area contributed by atoms with E-state index in [9.17, 15) is 0 Å². The van der Waals surface area contributed by atoms with Crippen LogP contribution in [-0.2, 0) is 6.42 Å². The van der Waals surface area contributed by atoms with Crippen LogP contribution in [-0.4, -0.2) is 18.7 Å². The normalized spacial score (nSPS) is 11.9. The van der Waals surface area contributed by atoms with E-state index in [1.165, 1.54) is 22.5 Å². The number of methoxy groups -OCH3 is 1. The molecule has 3 aromatic rings. The fraction of sp³-hybridized carbons (Fsp3) is 0.286. The zero-order chi connectivity index (χ0) is 18.4. The fourth-order valence-electron chi connectivity index (χ4n) is 2.87. The number of aromatic nitrogens is 1. The number of hydrogen-bond acceptors (Lipinski definition) is 5. The van der Waals surface area contributed by atoms with Crippen molar-refractivity contribution in [1.82, 2.24) is 4.98 Å². The van der Waals surface area contributed by atoms with Crippen LogP contribution in [0.4, 0.5) is 5.13 Å². The van der Waals surface area contributed by atoms with Crippen molar-refractivity contribution in [3.8, 4) is 11.5 Å². The topological polar surface area (TPSA) is 57.4 Å². The van der Waals surface area contributed by atoms with Crippen LogP contribution >= 0.6 is 11.3 Å². The number of rotatable bonds is 8. The number of nitrogens with zero attached hydrogens (tertiary/aromatic N) is 1. The first-order valence-corrected chi connectivity index (χ1v) is 9.64. The molecule has 5 heteroatoms. The maximum absolute atomic E-state index is 5.88. The van der Waals surface area contributed by atoms with Gasteiger partial charge in [0.15, 0.2) is 5.13 Å². The van der Waals surface area contributed by atoms with Gasteiger partial charge in [-0.3, -0.25) is 0 Å². The molecule has 0 saturated heterocycles. The summed E-state index contributed by atoms with van der Waals surface area (Å²) in [5.74, 6) is 1.91. The fourth-order valence-corrected chi connectivity index (χ4v) is 3.48. The molecule has 1 atom stereocenters. The van der Waals surface area contributed by atoms with Crippen molar-refractivity contribution in [2.45, 2.75) is 25.7 Å². The molecule has 1 unspecified atom stereocenters. The van der Waals surface area contributed by atoms with Gasteiger partial charge in [0.1, 0.15) is 11.5 Å². The smallest absolute Gasteiger partial charge is 0.180 e. The van der Waals surface area contributed by atoms with Crippen LogP contribution in [0.2, 0.25) is 0 Å². The van der Waals surface area contributed by atoms with Gasteiger partial charge in [0, 0.05) is 11.3 Å². The second-order valence-corrected chi connectivity index (χ2v) is 7.02. The molecule has 4 nitrogen and oxygen atoms in total. The second-order valence-electron chi connectivity index (χ2n) is 6.13. The van der Waals surface area contributed by atoms with E-state index in [-0.39, 0.29) is 5.92 Å². The highest BCUT2D eigenvalue weighted by Crippen LogP contribution is 2.31. The molecule has 3 rings (SSSR count). The summed E-state index contributed by atoms with van der Waals surface area (Å²) < 4.78 is 10.9. The van der Waals surface area contributed by atoms with Crippen molar-refractivity contribution >= 4 is 16.5 Å². The Hall–Kier alpha value is -2.53. The number of anilines is 1. The summed E-state index contributed by atoms with van der Waals surface area (Å²) in [6.07, 6.45) is 1.85. The van der Waals surface area contributed by atoms with E-state index >= 15 is 0 Å². The Labute approximate surface area is 158 Å². The number of thiazole rings is 1. The Morgan fingerprint density at radius 3 is 2.31 bits per heavy atom. The Kier molecular flexibility index (Phi) is 6.12. The van der Waals surface area contributed by atoms with E-state index in [0.29, 0.717) is 5.13 Å². The highest BCUT2D eigenvalue weighted by molar-refractivity contribution is 7.13. The maximum Gasteiger partial charge on any atom is 0.180 e. The summed E-state index contributed by atoms with van der Waals surface area (Å²) in [7, 11) is 1.68. The molecule has 136 valence electrons. The minimum Gasteiger partial charge on any atom is -0.497 e. The molecular weight excluding hydrogens is 344 g/mol. The Morgan fingerprint density at radius 1 is 1.04 bits per heavy atom. The minimum absolute atomic E-state index is 0.150. The van der Waals surface area contributed by atoms with Gasteiger partial charge in [-0.15, -0.1) is 11.3 Å². The standard InChI is InChI=1S/C21H24N2O2S/c1-3-12-25-18-10-6-16(7-11-18)19(20-14-26-21(22)23-20)13-15-4-8-17(24-2)9-5-15/h4-11,14,19H,3,12-13H2,1-2H3,(H2,22,23). The molecule has 0 fully saturated rings. The summed E-state index contributed by atoms with van der Waals surface area (Å²) in [4.78, 5) is 4.53. The predicted octanol–water partition coefficient (Wildman–Crippen LogP) is 4.90. The maximum atomic E-state index is 5.88. The zero-order valence-electron chi connectivity index (χ0n) is 15.1. The predicted molar refractivity (Wildman–Crippen MR) is 107 cm³/mol. The molecule has 2 N–H and O–H groups in total.